The molecule has 1 aromatic carbocycles. The number of nitrogens with zero attached hydrogens (tertiary/aromatic N) is 1. The van der Waals surface area contributed by atoms with E-state index >= 15 is 0 Å². The summed E-state index contributed by atoms with van der Waals surface area (Å²) < 4.78 is 0. The first-order valence-corrected chi connectivity index (χ1v) is 9.14. The van der Waals surface area contributed by atoms with Gasteiger partial charge in [-0.15, -0.1) is 0 Å². The molecule has 0 saturated carbocycles. The van der Waals surface area contributed by atoms with Crippen molar-refractivity contribution < 1.29 is 9.59 Å². The molecule has 2 amide bonds. The Bertz CT molecular complexity index is 602. The van der Waals surface area contributed by atoms with Crippen LogP contribution in [0.25, 0.3) is 0 Å². The highest BCUT2D eigenvalue weighted by molar-refractivity contribution is 5.94. The van der Waals surface area contributed by atoms with E-state index in [1.165, 1.54) is 12.8 Å². The molecule has 0 spiro atoms. The average Bonchev–Trinajstić information content (AvgIpc) is 3.13. The van der Waals surface area contributed by atoms with Gasteiger partial charge in [0.1, 0.15) is 0 Å². The minimum atomic E-state index is -0.0504. The van der Waals surface area contributed by atoms with Crippen molar-refractivity contribution in [3.63, 3.8) is 0 Å². The van der Waals surface area contributed by atoms with Crippen molar-refractivity contribution in [2.75, 3.05) is 26.2 Å². The van der Waals surface area contributed by atoms with Gasteiger partial charge in [0.2, 0.25) is 5.91 Å². The van der Waals surface area contributed by atoms with Crippen LogP contribution in [0.4, 0.5) is 0 Å². The van der Waals surface area contributed by atoms with Crippen LogP contribution in [0.2, 0.25) is 0 Å². The predicted octanol–water partition coefficient (Wildman–Crippen LogP) is 2.48. The molecule has 0 radical (unpaired) electrons. The first-order valence-electron chi connectivity index (χ1n) is 9.14. The molecule has 0 aromatic heterocycles. The van der Waals surface area contributed by atoms with Crippen LogP contribution < -0.4 is 10.6 Å². The molecule has 0 unspecified atom stereocenters. The van der Waals surface area contributed by atoms with Crippen molar-refractivity contribution >= 4 is 11.8 Å². The number of carbonyl (C=O) groups is 2. The van der Waals surface area contributed by atoms with E-state index in [1.54, 1.807) is 12.1 Å². The lowest BCUT2D eigenvalue weighted by atomic mass is 10.1. The Labute approximate surface area is 150 Å². The van der Waals surface area contributed by atoms with Crippen molar-refractivity contribution in [2.45, 2.75) is 39.7 Å². The second-order valence-electron chi connectivity index (χ2n) is 6.48. The third-order valence-electron chi connectivity index (χ3n) is 4.45. The fraction of sp³-hybridized carbons (Fsp3) is 0.500. The quantitative estimate of drug-likeness (QED) is 0.713. The molecule has 5 nitrogen and oxygen atoms in total. The lowest BCUT2D eigenvalue weighted by Crippen LogP contribution is -2.33. The molecule has 25 heavy (non-hydrogen) atoms. The van der Waals surface area contributed by atoms with Gasteiger partial charge in [0.25, 0.3) is 5.91 Å². The summed E-state index contributed by atoms with van der Waals surface area (Å²) in [6, 6.07) is 7.38. The van der Waals surface area contributed by atoms with E-state index in [-0.39, 0.29) is 11.8 Å². The van der Waals surface area contributed by atoms with Crippen molar-refractivity contribution in [1.29, 1.82) is 0 Å². The molecule has 1 saturated heterocycles. The van der Waals surface area contributed by atoms with Gasteiger partial charge in [0.15, 0.2) is 0 Å². The molecule has 136 valence electrons. The van der Waals surface area contributed by atoms with Crippen LogP contribution in [0.15, 0.2) is 35.9 Å². The van der Waals surface area contributed by atoms with Crippen LogP contribution in [-0.2, 0) is 11.3 Å². The summed E-state index contributed by atoms with van der Waals surface area (Å²) in [5, 5.41) is 5.85. The van der Waals surface area contributed by atoms with Gasteiger partial charge in [0, 0.05) is 30.8 Å². The van der Waals surface area contributed by atoms with Gasteiger partial charge >= 0.3 is 0 Å². The second kappa shape index (κ2) is 9.99. The van der Waals surface area contributed by atoms with E-state index in [0.717, 1.165) is 37.2 Å². The van der Waals surface area contributed by atoms with Crippen LogP contribution in [0, 0.1) is 0 Å². The van der Waals surface area contributed by atoms with Crippen molar-refractivity contribution in [3.8, 4) is 0 Å². The van der Waals surface area contributed by atoms with E-state index in [4.69, 9.17) is 0 Å². The Balaban J connectivity index is 1.75. The number of benzene rings is 1. The Morgan fingerprint density at radius 1 is 1.12 bits per heavy atom. The standard InChI is InChI=1S/C20H29N3O2/c1-3-6-16(2)19(24)22-15-17-7-9-18(10-8-17)20(25)21-11-14-23-12-4-5-13-23/h6-10H,3-5,11-15H2,1-2H3,(H,21,25)(H,22,24). The molecule has 0 aliphatic carbocycles. The fourth-order valence-electron chi connectivity index (χ4n) is 2.93. The highest BCUT2D eigenvalue weighted by Crippen LogP contribution is 2.07. The Morgan fingerprint density at radius 3 is 2.44 bits per heavy atom. The zero-order chi connectivity index (χ0) is 18.1. The monoisotopic (exact) mass is 343 g/mol. The van der Waals surface area contributed by atoms with E-state index in [9.17, 15) is 9.59 Å². The van der Waals surface area contributed by atoms with Crippen LogP contribution in [0.1, 0.15) is 49.0 Å². The summed E-state index contributed by atoms with van der Waals surface area (Å²) in [5.41, 5.74) is 2.36. The zero-order valence-electron chi connectivity index (χ0n) is 15.3. The van der Waals surface area contributed by atoms with Crippen molar-refractivity contribution in [2.24, 2.45) is 0 Å². The van der Waals surface area contributed by atoms with E-state index in [2.05, 4.69) is 15.5 Å². The minimum Gasteiger partial charge on any atom is -0.351 e. The minimum absolute atomic E-state index is 0.0449. The Kier molecular flexibility index (Phi) is 7.67. The van der Waals surface area contributed by atoms with Gasteiger partial charge < -0.3 is 15.5 Å². The highest BCUT2D eigenvalue weighted by Gasteiger charge is 2.11. The second-order valence-corrected chi connectivity index (χ2v) is 6.48. The van der Waals surface area contributed by atoms with Crippen LogP contribution in [-0.4, -0.2) is 42.9 Å². The third-order valence-corrected chi connectivity index (χ3v) is 4.45. The topological polar surface area (TPSA) is 61.4 Å². The summed E-state index contributed by atoms with van der Waals surface area (Å²) in [4.78, 5) is 26.4. The number of allylic oxidation sites excluding steroid dienone is 1. The molecule has 1 aromatic rings. The molecule has 5 heteroatoms. The van der Waals surface area contributed by atoms with Gasteiger partial charge in [-0.05, 0) is 57.0 Å². The number of hydrogen-bond acceptors (Lipinski definition) is 3. The van der Waals surface area contributed by atoms with Crippen LogP contribution in [0.3, 0.4) is 0 Å². The fourth-order valence-corrected chi connectivity index (χ4v) is 2.93. The lowest BCUT2D eigenvalue weighted by molar-refractivity contribution is -0.117. The number of amides is 2. The van der Waals surface area contributed by atoms with Crippen LogP contribution >= 0.6 is 0 Å². The van der Waals surface area contributed by atoms with E-state index < -0.39 is 0 Å². The smallest absolute Gasteiger partial charge is 0.251 e. The van der Waals surface area contributed by atoms with Gasteiger partial charge in [-0.2, -0.15) is 0 Å². The van der Waals surface area contributed by atoms with Gasteiger partial charge in [-0.3, -0.25) is 9.59 Å². The van der Waals surface area contributed by atoms with Gasteiger partial charge in [-0.25, -0.2) is 0 Å². The maximum atomic E-state index is 12.2. The van der Waals surface area contributed by atoms with Crippen molar-refractivity contribution in [1.82, 2.24) is 15.5 Å². The average molecular weight is 343 g/mol. The molecule has 1 fully saturated rings. The van der Waals surface area contributed by atoms with Gasteiger partial charge in [-0.1, -0.05) is 25.1 Å². The maximum Gasteiger partial charge on any atom is 0.251 e. The summed E-state index contributed by atoms with van der Waals surface area (Å²) in [6.45, 7) is 8.16. The zero-order valence-corrected chi connectivity index (χ0v) is 15.3. The van der Waals surface area contributed by atoms with Crippen molar-refractivity contribution in [3.05, 3.63) is 47.0 Å². The maximum absolute atomic E-state index is 12.2. The predicted molar refractivity (Wildman–Crippen MR) is 100 cm³/mol. The summed E-state index contributed by atoms with van der Waals surface area (Å²) in [7, 11) is 0. The molecule has 2 rings (SSSR count). The summed E-state index contributed by atoms with van der Waals surface area (Å²) in [5.74, 6) is -0.0953. The molecule has 1 aliphatic rings. The first kappa shape index (κ1) is 19.2. The number of nitrogens with one attached hydrogen (secondary N) is 2. The van der Waals surface area contributed by atoms with E-state index in [0.29, 0.717) is 18.7 Å². The Morgan fingerprint density at radius 2 is 1.80 bits per heavy atom. The number of likely N-dealkylation sites (tertiary alicyclic amines) is 1. The molecular weight excluding hydrogens is 314 g/mol. The normalized spacial score (nSPS) is 15.2. The number of rotatable bonds is 8. The highest BCUT2D eigenvalue weighted by atomic mass is 16.2. The summed E-state index contributed by atoms with van der Waals surface area (Å²) >= 11 is 0. The van der Waals surface area contributed by atoms with E-state index in [1.807, 2.05) is 32.1 Å². The number of carbonyl (C=O) groups excluding carboxylic acids is 2. The SMILES string of the molecule is CCC=C(C)C(=O)NCc1ccc(C(=O)NCCN2CCCC2)cc1. The number of hydrogen-bond donors (Lipinski definition) is 2. The lowest BCUT2D eigenvalue weighted by Gasteiger charge is -2.14. The third kappa shape index (κ3) is 6.35. The molecule has 2 N–H and O–H groups in total. The molecular formula is C20H29N3O2. The summed E-state index contributed by atoms with van der Waals surface area (Å²) in [6.07, 6.45) is 5.28. The first-order chi connectivity index (χ1) is 12.1. The molecule has 1 aliphatic heterocycles. The molecule has 0 bridgehead atoms. The molecule has 0 atom stereocenters. The largest absolute Gasteiger partial charge is 0.351 e. The van der Waals surface area contributed by atoms with Crippen LogP contribution in [0.5, 0.6) is 0 Å². The Hall–Kier alpha value is -2.14. The molecule has 1 heterocycles. The van der Waals surface area contributed by atoms with Gasteiger partial charge in [0.05, 0.1) is 0 Å².